The number of hydrogen-bond acceptors (Lipinski definition) is 5. The Kier molecular flexibility index (Phi) is 3.66. The van der Waals surface area contributed by atoms with E-state index in [0.717, 1.165) is 11.1 Å². The molecule has 1 aromatic rings. The maximum absolute atomic E-state index is 12.1. The predicted molar refractivity (Wildman–Crippen MR) is 68.8 cm³/mol. The summed E-state index contributed by atoms with van der Waals surface area (Å²) in [5, 5.41) is 0. The molecule has 0 atom stereocenters. The summed E-state index contributed by atoms with van der Waals surface area (Å²) in [4.78, 5) is 12.1. The molecule has 1 heterocycles. The van der Waals surface area contributed by atoms with Crippen molar-refractivity contribution in [3.8, 4) is 11.5 Å². The standard InChI is InChI=1S/C14H18O5/c1-9-5-10(16-2)6-11(17-3)12(9)14(7-19-8-14)13(15)18-4/h5-6H,7-8H2,1-4H3. The van der Waals surface area contributed by atoms with Gasteiger partial charge >= 0.3 is 5.97 Å². The predicted octanol–water partition coefficient (Wildman–Crippen LogP) is 1.45. The van der Waals surface area contributed by atoms with Gasteiger partial charge in [0.05, 0.1) is 34.5 Å². The highest BCUT2D eigenvalue weighted by Gasteiger charge is 2.51. The van der Waals surface area contributed by atoms with Gasteiger partial charge in [0.15, 0.2) is 0 Å². The van der Waals surface area contributed by atoms with E-state index >= 15 is 0 Å². The summed E-state index contributed by atoms with van der Waals surface area (Å²) in [7, 11) is 4.55. The largest absolute Gasteiger partial charge is 0.497 e. The fourth-order valence-electron chi connectivity index (χ4n) is 2.48. The number of methoxy groups -OCH3 is 3. The van der Waals surface area contributed by atoms with Crippen molar-refractivity contribution < 1.29 is 23.7 Å². The molecule has 0 unspecified atom stereocenters. The van der Waals surface area contributed by atoms with E-state index < -0.39 is 5.41 Å². The number of rotatable bonds is 4. The lowest BCUT2D eigenvalue weighted by atomic mass is 9.76. The van der Waals surface area contributed by atoms with Gasteiger partial charge in [-0.25, -0.2) is 0 Å². The zero-order valence-corrected chi connectivity index (χ0v) is 11.6. The Morgan fingerprint density at radius 1 is 1.21 bits per heavy atom. The Labute approximate surface area is 112 Å². The third-order valence-electron chi connectivity index (χ3n) is 3.48. The molecule has 1 aromatic carbocycles. The maximum Gasteiger partial charge on any atom is 0.321 e. The Morgan fingerprint density at radius 2 is 1.89 bits per heavy atom. The third kappa shape index (κ3) is 2.04. The molecule has 0 spiro atoms. The van der Waals surface area contributed by atoms with Crippen molar-refractivity contribution in [3.05, 3.63) is 23.3 Å². The lowest BCUT2D eigenvalue weighted by Crippen LogP contribution is -2.54. The van der Waals surface area contributed by atoms with Gasteiger partial charge in [0, 0.05) is 11.6 Å². The molecule has 0 amide bonds. The van der Waals surface area contributed by atoms with E-state index in [9.17, 15) is 4.79 Å². The topological polar surface area (TPSA) is 54.0 Å². The minimum Gasteiger partial charge on any atom is -0.497 e. The highest BCUT2D eigenvalue weighted by molar-refractivity contribution is 5.86. The number of esters is 1. The van der Waals surface area contributed by atoms with Gasteiger partial charge in [-0.3, -0.25) is 4.79 Å². The Morgan fingerprint density at radius 3 is 2.32 bits per heavy atom. The number of benzene rings is 1. The second-order valence-corrected chi connectivity index (χ2v) is 4.59. The van der Waals surface area contributed by atoms with Gasteiger partial charge in [0.25, 0.3) is 0 Å². The highest BCUT2D eigenvalue weighted by atomic mass is 16.5. The zero-order chi connectivity index (χ0) is 14.0. The summed E-state index contributed by atoms with van der Waals surface area (Å²) < 4.78 is 20.8. The minimum atomic E-state index is -0.767. The Hall–Kier alpha value is -1.75. The summed E-state index contributed by atoms with van der Waals surface area (Å²) in [6.45, 7) is 2.54. The van der Waals surface area contributed by atoms with E-state index in [2.05, 4.69) is 0 Å². The van der Waals surface area contributed by atoms with Crippen LogP contribution in [0.15, 0.2) is 12.1 Å². The van der Waals surface area contributed by atoms with E-state index in [4.69, 9.17) is 18.9 Å². The summed E-state index contributed by atoms with van der Waals surface area (Å²) in [6, 6.07) is 3.65. The molecule has 0 N–H and O–H groups in total. The zero-order valence-electron chi connectivity index (χ0n) is 11.6. The van der Waals surface area contributed by atoms with Crippen molar-refractivity contribution in [1.29, 1.82) is 0 Å². The Balaban J connectivity index is 2.57. The van der Waals surface area contributed by atoms with Gasteiger partial charge < -0.3 is 18.9 Å². The van der Waals surface area contributed by atoms with Gasteiger partial charge in [0.2, 0.25) is 0 Å². The van der Waals surface area contributed by atoms with Crippen LogP contribution in [-0.4, -0.2) is 40.5 Å². The van der Waals surface area contributed by atoms with Crippen LogP contribution in [-0.2, 0) is 19.7 Å². The van der Waals surface area contributed by atoms with E-state index in [1.807, 2.05) is 13.0 Å². The number of carbonyl (C=O) groups excluding carboxylic acids is 1. The van der Waals surface area contributed by atoms with E-state index in [1.54, 1.807) is 20.3 Å². The van der Waals surface area contributed by atoms with Crippen LogP contribution in [0.25, 0.3) is 0 Å². The SMILES string of the molecule is COC(=O)C1(c2c(C)cc(OC)cc2OC)COC1. The molecule has 5 nitrogen and oxygen atoms in total. The number of aryl methyl sites for hydroxylation is 1. The molecule has 5 heteroatoms. The third-order valence-corrected chi connectivity index (χ3v) is 3.48. The average molecular weight is 266 g/mol. The van der Waals surface area contributed by atoms with Crippen molar-refractivity contribution in [3.63, 3.8) is 0 Å². The van der Waals surface area contributed by atoms with E-state index in [-0.39, 0.29) is 5.97 Å². The van der Waals surface area contributed by atoms with Crippen LogP contribution in [0.4, 0.5) is 0 Å². The lowest BCUT2D eigenvalue weighted by molar-refractivity contribution is -0.167. The lowest BCUT2D eigenvalue weighted by Gasteiger charge is -2.40. The van der Waals surface area contributed by atoms with Gasteiger partial charge in [-0.05, 0) is 18.6 Å². The molecule has 1 saturated heterocycles. The number of ether oxygens (including phenoxy) is 4. The Bertz CT molecular complexity index is 491. The van der Waals surface area contributed by atoms with E-state index in [1.165, 1.54) is 7.11 Å². The minimum absolute atomic E-state index is 0.301. The summed E-state index contributed by atoms with van der Waals surface area (Å²) >= 11 is 0. The molecule has 1 aliphatic heterocycles. The average Bonchev–Trinajstić information content (AvgIpc) is 2.38. The van der Waals surface area contributed by atoms with Crippen molar-refractivity contribution in [2.75, 3.05) is 34.5 Å². The highest BCUT2D eigenvalue weighted by Crippen LogP contribution is 2.42. The molecule has 0 saturated carbocycles. The molecule has 0 aliphatic carbocycles. The first-order chi connectivity index (χ1) is 9.08. The first kappa shape index (κ1) is 13.7. The quantitative estimate of drug-likeness (QED) is 0.772. The smallest absolute Gasteiger partial charge is 0.321 e. The number of carbonyl (C=O) groups is 1. The second kappa shape index (κ2) is 5.09. The molecule has 0 radical (unpaired) electrons. The molecule has 1 fully saturated rings. The van der Waals surface area contributed by atoms with Crippen LogP contribution in [0.3, 0.4) is 0 Å². The fourth-order valence-corrected chi connectivity index (χ4v) is 2.48. The van der Waals surface area contributed by atoms with Gasteiger partial charge in [-0.2, -0.15) is 0 Å². The van der Waals surface area contributed by atoms with Crippen molar-refractivity contribution in [2.24, 2.45) is 0 Å². The molecule has 2 rings (SSSR count). The van der Waals surface area contributed by atoms with Crippen LogP contribution < -0.4 is 9.47 Å². The van der Waals surface area contributed by atoms with Crippen molar-refractivity contribution >= 4 is 5.97 Å². The van der Waals surface area contributed by atoms with Crippen molar-refractivity contribution in [2.45, 2.75) is 12.3 Å². The maximum atomic E-state index is 12.1. The molecular weight excluding hydrogens is 248 g/mol. The fraction of sp³-hybridized carbons (Fsp3) is 0.500. The molecule has 19 heavy (non-hydrogen) atoms. The summed E-state index contributed by atoms with van der Waals surface area (Å²) in [5.41, 5.74) is 0.968. The molecule has 104 valence electrons. The van der Waals surface area contributed by atoms with Gasteiger partial charge in [0.1, 0.15) is 16.9 Å². The second-order valence-electron chi connectivity index (χ2n) is 4.59. The summed E-state index contributed by atoms with van der Waals surface area (Å²) in [6.07, 6.45) is 0. The molecule has 1 aliphatic rings. The first-order valence-corrected chi connectivity index (χ1v) is 5.98. The van der Waals surface area contributed by atoms with Crippen LogP contribution in [0.1, 0.15) is 11.1 Å². The van der Waals surface area contributed by atoms with Crippen LogP contribution in [0.5, 0.6) is 11.5 Å². The van der Waals surface area contributed by atoms with Gasteiger partial charge in [-0.1, -0.05) is 0 Å². The molecule has 0 aromatic heterocycles. The van der Waals surface area contributed by atoms with E-state index in [0.29, 0.717) is 24.7 Å². The normalized spacial score (nSPS) is 16.4. The van der Waals surface area contributed by atoms with Crippen LogP contribution >= 0.6 is 0 Å². The molecular formula is C14H18O5. The van der Waals surface area contributed by atoms with Gasteiger partial charge in [-0.15, -0.1) is 0 Å². The first-order valence-electron chi connectivity index (χ1n) is 5.98. The number of hydrogen-bond donors (Lipinski definition) is 0. The molecule has 0 bridgehead atoms. The monoisotopic (exact) mass is 266 g/mol. The van der Waals surface area contributed by atoms with Crippen LogP contribution in [0, 0.1) is 6.92 Å². The van der Waals surface area contributed by atoms with Crippen molar-refractivity contribution in [1.82, 2.24) is 0 Å². The van der Waals surface area contributed by atoms with Crippen LogP contribution in [0.2, 0.25) is 0 Å². The summed E-state index contributed by atoms with van der Waals surface area (Å²) in [5.74, 6) is 1.01.